The first-order chi connectivity index (χ1) is 6.80. The quantitative estimate of drug-likeness (QED) is 0.533. The van der Waals surface area contributed by atoms with Crippen molar-refractivity contribution < 1.29 is 14.3 Å². The molecule has 72 valence electrons. The minimum atomic E-state index is 0.172. The molecule has 0 bridgehead atoms. The molecule has 0 saturated heterocycles. The van der Waals surface area contributed by atoms with Crippen LogP contribution in [0.3, 0.4) is 0 Å². The van der Waals surface area contributed by atoms with Gasteiger partial charge in [0.2, 0.25) is 0 Å². The number of methoxy groups -OCH3 is 1. The summed E-state index contributed by atoms with van der Waals surface area (Å²) in [5.74, 6) is 3.44. The zero-order chi connectivity index (χ0) is 10.4. The Hall–Kier alpha value is -1.95. The van der Waals surface area contributed by atoms with Gasteiger partial charge in [-0.05, 0) is 12.1 Å². The van der Waals surface area contributed by atoms with Crippen LogP contribution in [-0.2, 0) is 0 Å². The molecule has 0 unspecified atom stereocenters. The monoisotopic (exact) mass is 190 g/mol. The molecule has 0 aliphatic carbocycles. The Bertz CT molecular complexity index is 363. The smallest absolute Gasteiger partial charge is 0.150 e. The fourth-order valence-electron chi connectivity index (χ4n) is 0.988. The molecule has 0 fully saturated rings. The second-order valence-electron chi connectivity index (χ2n) is 2.55. The number of terminal acetylenes is 1. The average molecular weight is 190 g/mol. The van der Waals surface area contributed by atoms with E-state index < -0.39 is 0 Å². The van der Waals surface area contributed by atoms with E-state index in [1.54, 1.807) is 18.2 Å². The summed E-state index contributed by atoms with van der Waals surface area (Å²) in [5, 5.41) is 0. The van der Waals surface area contributed by atoms with Crippen LogP contribution in [-0.4, -0.2) is 20.0 Å². The van der Waals surface area contributed by atoms with Gasteiger partial charge in [-0.25, -0.2) is 0 Å². The van der Waals surface area contributed by atoms with Gasteiger partial charge in [-0.15, -0.1) is 6.42 Å². The van der Waals surface area contributed by atoms with Crippen LogP contribution in [0.5, 0.6) is 11.5 Å². The molecule has 0 atom stereocenters. The lowest BCUT2D eigenvalue weighted by Crippen LogP contribution is -1.95. The first-order valence-electron chi connectivity index (χ1n) is 4.00. The van der Waals surface area contributed by atoms with E-state index >= 15 is 0 Å². The molecule has 3 nitrogen and oxygen atoms in total. The Labute approximate surface area is 82.6 Å². The Morgan fingerprint density at radius 1 is 1.43 bits per heavy atom. The molecule has 0 spiro atoms. The lowest BCUT2D eigenvalue weighted by atomic mass is 10.2. The first-order valence-corrected chi connectivity index (χ1v) is 4.00. The van der Waals surface area contributed by atoms with Gasteiger partial charge >= 0.3 is 0 Å². The fourth-order valence-corrected chi connectivity index (χ4v) is 0.988. The van der Waals surface area contributed by atoms with Crippen molar-refractivity contribution in [1.29, 1.82) is 0 Å². The van der Waals surface area contributed by atoms with Crippen molar-refractivity contribution in [2.75, 3.05) is 13.7 Å². The molecule has 0 saturated carbocycles. The number of ether oxygens (including phenoxy) is 2. The minimum Gasteiger partial charge on any atom is -0.497 e. The molecule has 0 aromatic heterocycles. The van der Waals surface area contributed by atoms with E-state index in [-0.39, 0.29) is 6.61 Å². The lowest BCUT2D eigenvalue weighted by Gasteiger charge is -2.05. The highest BCUT2D eigenvalue weighted by atomic mass is 16.5. The highest BCUT2D eigenvalue weighted by Crippen LogP contribution is 2.21. The Morgan fingerprint density at radius 2 is 2.14 bits per heavy atom. The molecule has 0 N–H and O–H groups in total. The number of benzene rings is 1. The Morgan fingerprint density at radius 3 is 2.71 bits per heavy atom. The van der Waals surface area contributed by atoms with Crippen molar-refractivity contribution in [2.45, 2.75) is 0 Å². The summed E-state index contributed by atoms with van der Waals surface area (Å²) in [7, 11) is 1.52. The molecule has 1 rings (SSSR count). The number of aldehydes is 1. The molecule has 0 amide bonds. The van der Waals surface area contributed by atoms with Gasteiger partial charge in [-0.2, -0.15) is 0 Å². The number of carbonyl (C=O) groups excluding carboxylic acids is 1. The number of hydrogen-bond donors (Lipinski definition) is 0. The second kappa shape index (κ2) is 4.93. The van der Waals surface area contributed by atoms with Gasteiger partial charge in [0.15, 0.2) is 0 Å². The first kappa shape index (κ1) is 10.1. The summed E-state index contributed by atoms with van der Waals surface area (Å²) in [6.45, 7) is 0.172. The Kier molecular flexibility index (Phi) is 3.57. The van der Waals surface area contributed by atoms with E-state index in [1.807, 2.05) is 0 Å². The van der Waals surface area contributed by atoms with E-state index in [0.29, 0.717) is 17.1 Å². The van der Waals surface area contributed by atoms with Crippen molar-refractivity contribution in [3.8, 4) is 23.8 Å². The molecule has 0 heterocycles. The summed E-state index contributed by atoms with van der Waals surface area (Å²) in [6.07, 6.45) is 5.77. The summed E-state index contributed by atoms with van der Waals surface area (Å²) in [5.41, 5.74) is 0.497. The highest BCUT2D eigenvalue weighted by molar-refractivity contribution is 5.76. The van der Waals surface area contributed by atoms with Crippen LogP contribution in [0.2, 0.25) is 0 Å². The normalized spacial score (nSPS) is 8.86. The highest BCUT2D eigenvalue weighted by Gasteiger charge is 2.00. The van der Waals surface area contributed by atoms with Gasteiger partial charge < -0.3 is 9.47 Å². The average Bonchev–Trinajstić information content (AvgIpc) is 2.25. The van der Waals surface area contributed by atoms with E-state index in [2.05, 4.69) is 5.92 Å². The van der Waals surface area contributed by atoms with E-state index in [4.69, 9.17) is 15.9 Å². The predicted molar refractivity (Wildman–Crippen MR) is 52.7 cm³/mol. The Balaban J connectivity index is 2.93. The molecular formula is C11H10O3. The fraction of sp³-hybridized carbons (Fsp3) is 0.182. The zero-order valence-corrected chi connectivity index (χ0v) is 7.82. The molecule has 3 heteroatoms. The number of carbonyl (C=O) groups is 1. The van der Waals surface area contributed by atoms with Crippen molar-refractivity contribution in [2.24, 2.45) is 0 Å². The van der Waals surface area contributed by atoms with Gasteiger partial charge in [0.1, 0.15) is 24.4 Å². The molecule has 0 aliphatic rings. The molecular weight excluding hydrogens is 180 g/mol. The maximum Gasteiger partial charge on any atom is 0.150 e. The molecule has 0 radical (unpaired) electrons. The van der Waals surface area contributed by atoms with Crippen LogP contribution < -0.4 is 9.47 Å². The van der Waals surface area contributed by atoms with E-state index in [0.717, 1.165) is 6.29 Å². The summed E-state index contributed by atoms with van der Waals surface area (Å²) in [6, 6.07) is 4.90. The van der Waals surface area contributed by atoms with Crippen LogP contribution in [0.15, 0.2) is 18.2 Å². The van der Waals surface area contributed by atoms with Gasteiger partial charge in [-0.3, -0.25) is 4.79 Å². The van der Waals surface area contributed by atoms with Crippen molar-refractivity contribution in [3.05, 3.63) is 23.8 Å². The molecule has 0 aliphatic heterocycles. The summed E-state index contributed by atoms with van der Waals surface area (Å²) in [4.78, 5) is 10.5. The SMILES string of the molecule is C#CCOc1cc(C=O)cc(OC)c1. The molecule has 1 aromatic carbocycles. The maximum absolute atomic E-state index is 10.5. The third kappa shape index (κ3) is 2.53. The van der Waals surface area contributed by atoms with E-state index in [1.165, 1.54) is 7.11 Å². The topological polar surface area (TPSA) is 35.5 Å². The number of rotatable bonds is 4. The second-order valence-corrected chi connectivity index (χ2v) is 2.55. The van der Waals surface area contributed by atoms with Gasteiger partial charge in [0, 0.05) is 11.6 Å². The van der Waals surface area contributed by atoms with E-state index in [9.17, 15) is 4.79 Å². The van der Waals surface area contributed by atoms with Gasteiger partial charge in [-0.1, -0.05) is 5.92 Å². The van der Waals surface area contributed by atoms with Crippen LogP contribution in [0.25, 0.3) is 0 Å². The van der Waals surface area contributed by atoms with Crippen LogP contribution >= 0.6 is 0 Å². The van der Waals surface area contributed by atoms with Crippen molar-refractivity contribution in [3.63, 3.8) is 0 Å². The van der Waals surface area contributed by atoms with Crippen LogP contribution in [0.1, 0.15) is 10.4 Å². The summed E-state index contributed by atoms with van der Waals surface area (Å²) < 4.78 is 10.2. The van der Waals surface area contributed by atoms with Crippen LogP contribution in [0, 0.1) is 12.3 Å². The molecule has 14 heavy (non-hydrogen) atoms. The lowest BCUT2D eigenvalue weighted by molar-refractivity contribution is 0.112. The van der Waals surface area contributed by atoms with Crippen molar-refractivity contribution >= 4 is 6.29 Å². The minimum absolute atomic E-state index is 0.172. The van der Waals surface area contributed by atoms with Crippen LogP contribution in [0.4, 0.5) is 0 Å². The maximum atomic E-state index is 10.5. The number of hydrogen-bond acceptors (Lipinski definition) is 3. The zero-order valence-electron chi connectivity index (χ0n) is 7.82. The third-order valence-electron chi connectivity index (χ3n) is 1.60. The third-order valence-corrected chi connectivity index (χ3v) is 1.60. The summed E-state index contributed by atoms with van der Waals surface area (Å²) >= 11 is 0. The molecule has 1 aromatic rings. The predicted octanol–water partition coefficient (Wildman–Crippen LogP) is 1.52. The van der Waals surface area contributed by atoms with Crippen molar-refractivity contribution in [1.82, 2.24) is 0 Å². The standard InChI is InChI=1S/C11H10O3/c1-3-4-14-11-6-9(8-12)5-10(7-11)13-2/h1,5-8H,4H2,2H3. The van der Waals surface area contributed by atoms with Gasteiger partial charge in [0.25, 0.3) is 0 Å². The van der Waals surface area contributed by atoms with Gasteiger partial charge in [0.05, 0.1) is 7.11 Å². The largest absolute Gasteiger partial charge is 0.497 e.